The van der Waals surface area contributed by atoms with Crippen LogP contribution in [0, 0.1) is 0 Å². The first-order valence-electron chi connectivity index (χ1n) is 6.45. The lowest BCUT2D eigenvalue weighted by Gasteiger charge is -2.07. The van der Waals surface area contributed by atoms with Crippen molar-refractivity contribution in [3.05, 3.63) is 34.2 Å². The normalized spacial score (nSPS) is 10.6. The van der Waals surface area contributed by atoms with E-state index in [0.29, 0.717) is 18.6 Å². The van der Waals surface area contributed by atoms with Gasteiger partial charge in [-0.05, 0) is 6.42 Å². The largest absolute Gasteiger partial charge is 0.508 e. The van der Waals surface area contributed by atoms with Gasteiger partial charge in [-0.2, -0.15) is 0 Å². The van der Waals surface area contributed by atoms with Crippen molar-refractivity contribution in [3.63, 3.8) is 0 Å². The fourth-order valence-electron chi connectivity index (χ4n) is 2.08. The van der Waals surface area contributed by atoms with Gasteiger partial charge in [-0.15, -0.1) is 0 Å². The smallest absolute Gasteiger partial charge is 0.305 e. The molecule has 0 unspecified atom stereocenters. The molecule has 0 fully saturated rings. The van der Waals surface area contributed by atoms with E-state index in [9.17, 15) is 14.7 Å². The highest BCUT2D eigenvalue weighted by Gasteiger charge is 2.12. The molecular formula is C15H16O6. The third-order valence-electron chi connectivity index (χ3n) is 3.08. The third kappa shape index (κ3) is 3.34. The second-order valence-corrected chi connectivity index (χ2v) is 4.53. The first kappa shape index (κ1) is 14.9. The SMILES string of the molecule is COC(=O)CCCc1cc(=O)c2c(OC)cc(O)cc2o1. The molecule has 1 heterocycles. The van der Waals surface area contributed by atoms with Crippen molar-refractivity contribution in [3.8, 4) is 11.5 Å². The van der Waals surface area contributed by atoms with Crippen LogP contribution in [-0.2, 0) is 16.0 Å². The van der Waals surface area contributed by atoms with E-state index in [4.69, 9.17) is 9.15 Å². The Hall–Kier alpha value is -2.50. The molecule has 21 heavy (non-hydrogen) atoms. The Morgan fingerprint density at radius 2 is 2.05 bits per heavy atom. The van der Waals surface area contributed by atoms with E-state index < -0.39 is 0 Å². The Kier molecular flexibility index (Phi) is 4.47. The Balaban J connectivity index is 2.32. The van der Waals surface area contributed by atoms with Crippen LogP contribution >= 0.6 is 0 Å². The number of carbonyl (C=O) groups is 1. The number of aromatic hydroxyl groups is 1. The highest BCUT2D eigenvalue weighted by atomic mass is 16.5. The van der Waals surface area contributed by atoms with Gasteiger partial charge in [-0.1, -0.05) is 0 Å². The lowest BCUT2D eigenvalue weighted by Crippen LogP contribution is -2.05. The van der Waals surface area contributed by atoms with Crippen molar-refractivity contribution in [1.29, 1.82) is 0 Å². The number of benzene rings is 1. The number of aryl methyl sites for hydroxylation is 1. The molecule has 0 saturated carbocycles. The highest BCUT2D eigenvalue weighted by Crippen LogP contribution is 2.28. The van der Waals surface area contributed by atoms with E-state index in [1.807, 2.05) is 0 Å². The van der Waals surface area contributed by atoms with Gasteiger partial charge in [0.2, 0.25) is 0 Å². The lowest BCUT2D eigenvalue weighted by atomic mass is 10.1. The van der Waals surface area contributed by atoms with Crippen molar-refractivity contribution >= 4 is 16.9 Å². The van der Waals surface area contributed by atoms with Gasteiger partial charge >= 0.3 is 5.97 Å². The van der Waals surface area contributed by atoms with Gasteiger partial charge in [0.15, 0.2) is 5.43 Å². The molecule has 0 bridgehead atoms. The molecule has 1 aromatic heterocycles. The standard InChI is InChI=1S/C15H16O6/c1-19-12-6-9(16)7-13-15(12)11(17)8-10(21-13)4-3-5-14(18)20-2/h6-8,16H,3-5H2,1-2H3. The molecular weight excluding hydrogens is 276 g/mol. The van der Waals surface area contributed by atoms with E-state index >= 15 is 0 Å². The van der Waals surface area contributed by atoms with E-state index in [2.05, 4.69) is 4.74 Å². The van der Waals surface area contributed by atoms with Crippen molar-refractivity contribution < 1.29 is 23.8 Å². The number of ether oxygens (including phenoxy) is 2. The van der Waals surface area contributed by atoms with E-state index in [1.54, 1.807) is 0 Å². The number of esters is 1. The van der Waals surface area contributed by atoms with Crippen LogP contribution in [0.2, 0.25) is 0 Å². The van der Waals surface area contributed by atoms with E-state index in [0.717, 1.165) is 0 Å². The zero-order chi connectivity index (χ0) is 15.4. The third-order valence-corrected chi connectivity index (χ3v) is 3.08. The number of hydrogen-bond donors (Lipinski definition) is 1. The fraction of sp³-hybridized carbons (Fsp3) is 0.333. The fourth-order valence-corrected chi connectivity index (χ4v) is 2.08. The number of carbonyl (C=O) groups excluding carboxylic acids is 1. The summed E-state index contributed by atoms with van der Waals surface area (Å²) in [5.74, 6) is 0.357. The summed E-state index contributed by atoms with van der Waals surface area (Å²) < 4.78 is 15.2. The molecule has 0 spiro atoms. The summed E-state index contributed by atoms with van der Waals surface area (Å²) in [4.78, 5) is 23.2. The molecule has 0 aliphatic heterocycles. The molecule has 6 heteroatoms. The summed E-state index contributed by atoms with van der Waals surface area (Å²) in [5.41, 5.74) is 0.00795. The minimum Gasteiger partial charge on any atom is -0.508 e. The predicted molar refractivity (Wildman–Crippen MR) is 75.7 cm³/mol. The summed E-state index contributed by atoms with van der Waals surface area (Å²) in [6.45, 7) is 0. The Morgan fingerprint density at radius 3 is 2.71 bits per heavy atom. The van der Waals surface area contributed by atoms with Gasteiger partial charge in [-0.25, -0.2) is 0 Å². The first-order chi connectivity index (χ1) is 10.0. The van der Waals surface area contributed by atoms with Crippen LogP contribution in [0.25, 0.3) is 11.0 Å². The lowest BCUT2D eigenvalue weighted by molar-refractivity contribution is -0.140. The average molecular weight is 292 g/mol. The van der Waals surface area contributed by atoms with Gasteiger partial charge in [0.1, 0.15) is 28.2 Å². The van der Waals surface area contributed by atoms with Gasteiger partial charge < -0.3 is 19.0 Å². The quantitative estimate of drug-likeness (QED) is 0.848. The molecule has 6 nitrogen and oxygen atoms in total. The number of rotatable bonds is 5. The zero-order valence-electron chi connectivity index (χ0n) is 11.8. The molecule has 2 aromatic rings. The van der Waals surface area contributed by atoms with Crippen molar-refractivity contribution in [2.45, 2.75) is 19.3 Å². The summed E-state index contributed by atoms with van der Waals surface area (Å²) in [6.07, 6.45) is 1.19. The molecule has 2 rings (SSSR count). The minimum atomic E-state index is -0.308. The molecule has 0 radical (unpaired) electrons. The second-order valence-electron chi connectivity index (χ2n) is 4.53. The van der Waals surface area contributed by atoms with Crippen molar-refractivity contribution in [2.24, 2.45) is 0 Å². The number of hydrogen-bond acceptors (Lipinski definition) is 6. The average Bonchev–Trinajstić information content (AvgIpc) is 2.45. The number of fused-ring (bicyclic) bond motifs is 1. The molecule has 112 valence electrons. The Labute approximate surface area is 120 Å². The maximum absolute atomic E-state index is 12.1. The van der Waals surface area contributed by atoms with Gasteiger partial charge in [0.25, 0.3) is 0 Å². The zero-order valence-corrected chi connectivity index (χ0v) is 11.8. The number of methoxy groups -OCH3 is 2. The number of phenolic OH excluding ortho intramolecular Hbond substituents is 1. The Bertz CT molecular complexity index is 716. The molecule has 1 N–H and O–H groups in total. The molecule has 0 amide bonds. The van der Waals surface area contributed by atoms with Crippen LogP contribution < -0.4 is 10.2 Å². The van der Waals surface area contributed by atoms with Crippen LogP contribution in [0.5, 0.6) is 11.5 Å². The van der Waals surface area contributed by atoms with Crippen LogP contribution in [-0.4, -0.2) is 25.3 Å². The molecule has 0 atom stereocenters. The summed E-state index contributed by atoms with van der Waals surface area (Å²) >= 11 is 0. The van der Waals surface area contributed by atoms with Gasteiger partial charge in [0.05, 0.1) is 14.2 Å². The van der Waals surface area contributed by atoms with Crippen LogP contribution in [0.4, 0.5) is 0 Å². The van der Waals surface area contributed by atoms with E-state index in [-0.39, 0.29) is 40.3 Å². The molecule has 0 aliphatic rings. The Morgan fingerprint density at radius 1 is 1.29 bits per heavy atom. The maximum atomic E-state index is 12.1. The topological polar surface area (TPSA) is 86.0 Å². The van der Waals surface area contributed by atoms with Crippen LogP contribution in [0.15, 0.2) is 27.4 Å². The van der Waals surface area contributed by atoms with Crippen molar-refractivity contribution in [1.82, 2.24) is 0 Å². The minimum absolute atomic E-state index is 0.0470. The molecule has 1 aromatic carbocycles. The summed E-state index contributed by atoms with van der Waals surface area (Å²) in [5, 5.41) is 9.89. The summed E-state index contributed by atoms with van der Waals surface area (Å²) in [7, 11) is 2.74. The highest BCUT2D eigenvalue weighted by molar-refractivity contribution is 5.85. The van der Waals surface area contributed by atoms with E-state index in [1.165, 1.54) is 32.4 Å². The van der Waals surface area contributed by atoms with Crippen LogP contribution in [0.1, 0.15) is 18.6 Å². The second kappa shape index (κ2) is 6.30. The van der Waals surface area contributed by atoms with Crippen molar-refractivity contribution in [2.75, 3.05) is 14.2 Å². The van der Waals surface area contributed by atoms with Gasteiger partial charge in [0, 0.05) is 31.0 Å². The molecule has 0 saturated heterocycles. The predicted octanol–water partition coefficient (Wildman–Crippen LogP) is 2.00. The van der Waals surface area contributed by atoms with Crippen LogP contribution in [0.3, 0.4) is 0 Å². The first-order valence-corrected chi connectivity index (χ1v) is 6.45. The maximum Gasteiger partial charge on any atom is 0.305 e. The number of phenols is 1. The van der Waals surface area contributed by atoms with Gasteiger partial charge in [-0.3, -0.25) is 9.59 Å². The molecule has 0 aliphatic carbocycles. The summed E-state index contributed by atoms with van der Waals surface area (Å²) in [6, 6.07) is 4.10. The monoisotopic (exact) mass is 292 g/mol.